The van der Waals surface area contributed by atoms with E-state index in [9.17, 15) is 0 Å². The van der Waals surface area contributed by atoms with Crippen LogP contribution >= 0.6 is 0 Å². The molecule has 0 radical (unpaired) electrons. The van der Waals surface area contributed by atoms with E-state index in [1.54, 1.807) is 0 Å². The molecule has 0 atom stereocenters. The average Bonchev–Trinajstić information content (AvgIpc) is 3.37. The molecule has 4 aromatic carbocycles. The fourth-order valence-electron chi connectivity index (χ4n) is 9.00. The Morgan fingerprint density at radius 1 is 0.405 bits per heavy atom. The second kappa shape index (κ2) is 28.3. The second-order valence-corrected chi connectivity index (χ2v) is 18.6. The number of ether oxygens (including phenoxy) is 4. The Labute approximate surface area is 437 Å². The number of nitrogens with zero attached hydrogens (tertiary/aromatic N) is 6. The largest absolute Gasteiger partial charge is 0.493 e. The van der Waals surface area contributed by atoms with Gasteiger partial charge in [0.15, 0.2) is 0 Å². The Balaban J connectivity index is 1.39. The summed E-state index contributed by atoms with van der Waals surface area (Å²) in [4.78, 5) is 27.3. The molecule has 12 N–H and O–H groups in total. The van der Waals surface area contributed by atoms with Crippen molar-refractivity contribution >= 4 is 47.1 Å². The predicted molar refractivity (Wildman–Crippen MR) is 298 cm³/mol. The Hall–Kier alpha value is -7.18. The third-order valence-electron chi connectivity index (χ3n) is 12.3. The van der Waals surface area contributed by atoms with Gasteiger partial charge in [-0.2, -0.15) is 29.9 Å². The second-order valence-electron chi connectivity index (χ2n) is 18.6. The topological polar surface area (TPSA) is 266 Å². The van der Waals surface area contributed by atoms with Gasteiger partial charge < -0.3 is 63.1 Å². The minimum atomic E-state index is 0.110. The van der Waals surface area contributed by atoms with E-state index in [0.717, 1.165) is 143 Å². The van der Waals surface area contributed by atoms with Gasteiger partial charge in [0.25, 0.3) is 0 Å². The van der Waals surface area contributed by atoms with Crippen molar-refractivity contribution < 1.29 is 18.9 Å². The molecule has 1 aliphatic rings. The number of nitrogens with two attached hydrogens (primary N) is 4. The molecule has 1 aliphatic carbocycles. The minimum absolute atomic E-state index is 0.110. The molecular weight excluding hydrogens is 933 g/mol. The van der Waals surface area contributed by atoms with Gasteiger partial charge in [-0.15, -0.1) is 0 Å². The first-order valence-corrected chi connectivity index (χ1v) is 26.7. The molecule has 396 valence electrons. The normalized spacial score (nSPS) is 12.0. The zero-order valence-corrected chi connectivity index (χ0v) is 44.0. The van der Waals surface area contributed by atoms with Crippen LogP contribution in [0.2, 0.25) is 0 Å². The van der Waals surface area contributed by atoms with Gasteiger partial charge in [-0.25, -0.2) is 0 Å². The fraction of sp³-hybridized carbons (Fsp3) is 0.464. The van der Waals surface area contributed by atoms with Crippen LogP contribution < -0.4 is 63.1 Å². The maximum atomic E-state index is 6.82. The summed E-state index contributed by atoms with van der Waals surface area (Å²) in [7, 11) is 0. The van der Waals surface area contributed by atoms with Gasteiger partial charge >= 0.3 is 0 Å². The van der Waals surface area contributed by atoms with Gasteiger partial charge in [0, 0.05) is 72.4 Å². The standard InChI is InChI=1S/C56H78N14O4/c1-5-25-71-47-37-17-15-18-38(47)30-42-34-46(64-56-68-52(60)66-54(70-56)62-24-14-10-12-22-58)36-44(50(42)74-28-8-4)32-40-20-16-19-39(48(40)72-26-6-2)31-43-35-45(33-41(29-37)49(43)73-27-7-3)63-55-67-51(59)65-53(69-55)61-23-13-9-11-21-57/h15-20,33-36H,5-14,21-32,57-58H2,1-4H3,(H4,59,61,63,65,67,69)(H4,60,62,64,66,68,70). The van der Waals surface area contributed by atoms with Crippen LogP contribution in [-0.2, 0) is 25.7 Å². The van der Waals surface area contributed by atoms with Gasteiger partial charge in [-0.1, -0.05) is 76.9 Å². The molecule has 0 spiro atoms. The summed E-state index contributed by atoms with van der Waals surface area (Å²) in [5.74, 6) is 4.96. The molecule has 2 heterocycles. The number of nitrogen functional groups attached to an aromatic ring is 2. The van der Waals surface area contributed by atoms with Crippen LogP contribution in [-0.4, -0.2) is 82.5 Å². The van der Waals surface area contributed by atoms with E-state index >= 15 is 0 Å². The molecule has 8 bridgehead atoms. The summed E-state index contributed by atoms with van der Waals surface area (Å²) in [6.07, 6.45) is 11.1. The summed E-state index contributed by atoms with van der Waals surface area (Å²) < 4.78 is 27.3. The van der Waals surface area contributed by atoms with Crippen molar-refractivity contribution in [2.24, 2.45) is 11.5 Å². The van der Waals surface area contributed by atoms with Crippen molar-refractivity contribution in [1.82, 2.24) is 29.9 Å². The SMILES string of the molecule is CCCOc1c2cccc1Cc1cc(Nc3nc(N)nc(NCCCCCN)n3)cc(c1OCCC)Cc1cccc(c1OCCC)Cc1cc(Nc3nc(N)nc(NCCCCCN)n3)cc(c1OCCC)C2. The van der Waals surface area contributed by atoms with Crippen molar-refractivity contribution in [2.45, 2.75) is 118 Å². The first-order valence-electron chi connectivity index (χ1n) is 26.7. The lowest BCUT2D eigenvalue weighted by Crippen LogP contribution is -2.12. The molecule has 0 fully saturated rings. The molecular formula is C56H78N14O4. The quantitative estimate of drug-likeness (QED) is 0.0212. The van der Waals surface area contributed by atoms with Crippen molar-refractivity contribution in [1.29, 1.82) is 0 Å². The summed E-state index contributed by atoms with van der Waals surface area (Å²) >= 11 is 0. The van der Waals surface area contributed by atoms with E-state index in [1.165, 1.54) is 0 Å². The Morgan fingerprint density at radius 2 is 0.716 bits per heavy atom. The monoisotopic (exact) mass is 1010 g/mol. The lowest BCUT2D eigenvalue weighted by molar-refractivity contribution is 0.304. The van der Waals surface area contributed by atoms with Crippen molar-refractivity contribution in [3.8, 4) is 23.0 Å². The summed E-state index contributed by atoms with van der Waals surface area (Å²) in [6.45, 7) is 13.3. The molecule has 2 aromatic heterocycles. The molecule has 18 nitrogen and oxygen atoms in total. The van der Waals surface area contributed by atoms with Gasteiger partial charge in [0.05, 0.1) is 26.4 Å². The van der Waals surface area contributed by atoms with E-state index < -0.39 is 0 Å². The maximum Gasteiger partial charge on any atom is 0.233 e. The molecule has 6 aromatic rings. The number of hydrogen-bond acceptors (Lipinski definition) is 18. The molecule has 0 amide bonds. The van der Waals surface area contributed by atoms with Crippen LogP contribution in [0.1, 0.15) is 136 Å². The lowest BCUT2D eigenvalue weighted by Gasteiger charge is -2.24. The first-order chi connectivity index (χ1) is 36.2. The van der Waals surface area contributed by atoms with Gasteiger partial charge in [0.2, 0.25) is 35.7 Å². The van der Waals surface area contributed by atoms with Crippen LogP contribution in [0.4, 0.5) is 47.1 Å². The van der Waals surface area contributed by atoms with E-state index in [0.29, 0.717) is 102 Å². The summed E-state index contributed by atoms with van der Waals surface area (Å²) in [5.41, 5.74) is 33.5. The molecule has 18 heteroatoms. The number of aromatic nitrogens is 6. The smallest absolute Gasteiger partial charge is 0.233 e. The van der Waals surface area contributed by atoms with Crippen LogP contribution in [0.15, 0.2) is 60.7 Å². The first kappa shape index (κ1) is 54.6. The number of rotatable bonds is 28. The highest BCUT2D eigenvalue weighted by Crippen LogP contribution is 2.42. The lowest BCUT2D eigenvalue weighted by atomic mass is 9.90. The number of unbranched alkanes of at least 4 members (excludes halogenated alkanes) is 4. The molecule has 0 aliphatic heterocycles. The van der Waals surface area contributed by atoms with E-state index in [4.69, 9.17) is 51.9 Å². The molecule has 74 heavy (non-hydrogen) atoms. The minimum Gasteiger partial charge on any atom is -0.493 e. The zero-order valence-electron chi connectivity index (χ0n) is 44.0. The van der Waals surface area contributed by atoms with Gasteiger partial charge in [-0.3, -0.25) is 0 Å². The van der Waals surface area contributed by atoms with E-state index in [1.807, 2.05) is 0 Å². The Kier molecular flexibility index (Phi) is 20.9. The summed E-state index contributed by atoms with van der Waals surface area (Å²) in [5, 5.41) is 13.6. The number of nitrogens with one attached hydrogen (secondary N) is 4. The molecule has 0 saturated heterocycles. The Morgan fingerprint density at radius 3 is 1.03 bits per heavy atom. The molecule has 0 saturated carbocycles. The van der Waals surface area contributed by atoms with Crippen LogP contribution in [0.5, 0.6) is 23.0 Å². The van der Waals surface area contributed by atoms with Crippen molar-refractivity contribution in [2.75, 3.05) is 85.3 Å². The Bertz CT molecular complexity index is 2460. The zero-order chi connectivity index (χ0) is 52.1. The average molecular weight is 1010 g/mol. The molecule has 0 unspecified atom stereocenters. The van der Waals surface area contributed by atoms with Crippen LogP contribution in [0.25, 0.3) is 0 Å². The number of anilines is 8. The third kappa shape index (κ3) is 15.4. The van der Waals surface area contributed by atoms with Gasteiger partial charge in [0.1, 0.15) is 23.0 Å². The van der Waals surface area contributed by atoms with Crippen molar-refractivity contribution in [3.63, 3.8) is 0 Å². The van der Waals surface area contributed by atoms with Crippen molar-refractivity contribution in [3.05, 3.63) is 105 Å². The third-order valence-corrected chi connectivity index (χ3v) is 12.3. The van der Waals surface area contributed by atoms with E-state index in [-0.39, 0.29) is 11.9 Å². The number of hydrogen-bond donors (Lipinski definition) is 8. The van der Waals surface area contributed by atoms with E-state index in [2.05, 4.69) is 130 Å². The highest BCUT2D eigenvalue weighted by Gasteiger charge is 2.24. The van der Waals surface area contributed by atoms with Crippen LogP contribution in [0.3, 0.4) is 0 Å². The number of benzene rings is 4. The number of fused-ring (bicyclic) bond motifs is 8. The van der Waals surface area contributed by atoms with Gasteiger partial charge in [-0.05, 0) is 111 Å². The highest BCUT2D eigenvalue weighted by molar-refractivity contribution is 5.66. The highest BCUT2D eigenvalue weighted by atomic mass is 16.5. The predicted octanol–water partition coefficient (Wildman–Crippen LogP) is 9.62. The fourth-order valence-corrected chi connectivity index (χ4v) is 9.00. The maximum absolute atomic E-state index is 6.82. The molecule has 7 rings (SSSR count). The summed E-state index contributed by atoms with van der Waals surface area (Å²) in [6, 6.07) is 21.3. The number of para-hydroxylation sites is 2. The van der Waals surface area contributed by atoms with Crippen LogP contribution in [0, 0.1) is 0 Å².